The Bertz CT molecular complexity index is 782. The maximum absolute atomic E-state index is 12.6. The van der Waals surface area contributed by atoms with Gasteiger partial charge < -0.3 is 15.4 Å². The number of ether oxygens (including phenoxy) is 1. The molecule has 1 aliphatic carbocycles. The Labute approximate surface area is 144 Å². The number of carbonyl (C=O) groups excluding carboxylic acids is 2. The molecule has 1 aromatic carbocycles. The van der Waals surface area contributed by atoms with Crippen LogP contribution < -0.4 is 15.4 Å². The van der Waals surface area contributed by atoms with Crippen LogP contribution in [0.15, 0.2) is 35.7 Å². The van der Waals surface area contributed by atoms with E-state index in [-0.39, 0.29) is 17.7 Å². The smallest absolute Gasteiger partial charge is 0.254 e. The van der Waals surface area contributed by atoms with Crippen LogP contribution in [-0.2, 0) is 11.2 Å². The van der Waals surface area contributed by atoms with Crippen molar-refractivity contribution in [2.24, 2.45) is 5.92 Å². The lowest BCUT2D eigenvalue weighted by Crippen LogP contribution is -2.33. The van der Waals surface area contributed by atoms with Gasteiger partial charge in [0.1, 0.15) is 17.4 Å². The zero-order valence-electron chi connectivity index (χ0n) is 13.1. The van der Waals surface area contributed by atoms with Crippen molar-refractivity contribution in [3.8, 4) is 5.75 Å². The molecular weight excluding hydrogens is 324 g/mol. The zero-order valence-corrected chi connectivity index (χ0v) is 13.9. The third-order valence-electron chi connectivity index (χ3n) is 4.31. The highest BCUT2D eigenvalue weighted by Crippen LogP contribution is 2.29. The summed E-state index contributed by atoms with van der Waals surface area (Å²) in [5.74, 6) is 0.384. The number of fused-ring (bicyclic) bond motifs is 1. The normalized spacial score (nSPS) is 19.1. The van der Waals surface area contributed by atoms with Gasteiger partial charge >= 0.3 is 0 Å². The number of amides is 2. The van der Waals surface area contributed by atoms with Gasteiger partial charge in [-0.2, -0.15) is 0 Å². The van der Waals surface area contributed by atoms with Crippen molar-refractivity contribution in [1.29, 1.82) is 0 Å². The van der Waals surface area contributed by atoms with Crippen molar-refractivity contribution in [2.45, 2.75) is 25.3 Å². The molecular formula is C18H18N2O3S. The Balaban J connectivity index is 1.43. The molecule has 4 rings (SSSR count). The molecule has 2 aromatic rings. The van der Waals surface area contributed by atoms with Gasteiger partial charge in [-0.15, -0.1) is 11.3 Å². The molecule has 24 heavy (non-hydrogen) atoms. The fraction of sp³-hybridized carbons (Fsp3) is 0.333. The van der Waals surface area contributed by atoms with Gasteiger partial charge in [0.25, 0.3) is 5.91 Å². The lowest BCUT2D eigenvalue weighted by molar-refractivity contribution is -0.121. The molecule has 2 aliphatic rings. The predicted octanol–water partition coefficient (Wildman–Crippen LogP) is 2.83. The van der Waals surface area contributed by atoms with Gasteiger partial charge in [0, 0.05) is 6.04 Å². The molecule has 1 aliphatic heterocycles. The molecule has 2 amide bonds. The van der Waals surface area contributed by atoms with E-state index in [1.807, 2.05) is 29.6 Å². The first-order chi connectivity index (χ1) is 11.7. The van der Waals surface area contributed by atoms with Crippen LogP contribution in [0.3, 0.4) is 0 Å². The van der Waals surface area contributed by atoms with E-state index in [4.69, 9.17) is 4.74 Å². The van der Waals surface area contributed by atoms with E-state index in [1.165, 1.54) is 11.3 Å². The van der Waals surface area contributed by atoms with Crippen LogP contribution in [0.5, 0.6) is 5.75 Å². The van der Waals surface area contributed by atoms with E-state index in [0.29, 0.717) is 29.6 Å². The maximum atomic E-state index is 12.6. The Morgan fingerprint density at radius 1 is 1.17 bits per heavy atom. The fourth-order valence-corrected chi connectivity index (χ4v) is 3.57. The zero-order chi connectivity index (χ0) is 16.5. The number of para-hydroxylation sites is 1. The van der Waals surface area contributed by atoms with Crippen LogP contribution in [-0.4, -0.2) is 24.5 Å². The Morgan fingerprint density at radius 2 is 2.00 bits per heavy atom. The summed E-state index contributed by atoms with van der Waals surface area (Å²) in [5.41, 5.74) is 1.58. The summed E-state index contributed by atoms with van der Waals surface area (Å²) in [7, 11) is 0. The van der Waals surface area contributed by atoms with Crippen LogP contribution >= 0.6 is 11.3 Å². The average molecular weight is 342 g/mol. The van der Waals surface area contributed by atoms with E-state index in [0.717, 1.165) is 24.2 Å². The number of carbonyl (C=O) groups is 2. The highest BCUT2D eigenvalue weighted by atomic mass is 32.1. The summed E-state index contributed by atoms with van der Waals surface area (Å²) in [6.07, 6.45) is 2.73. The Kier molecular flexibility index (Phi) is 3.98. The van der Waals surface area contributed by atoms with Gasteiger partial charge in [-0.05, 0) is 42.3 Å². The van der Waals surface area contributed by atoms with Gasteiger partial charge in [0.05, 0.1) is 11.5 Å². The lowest BCUT2D eigenvalue weighted by Gasteiger charge is -2.24. The molecule has 0 spiro atoms. The lowest BCUT2D eigenvalue weighted by atomic mass is 9.96. The SMILES string of the molecule is O=C(NC1CC1)c1ccsc1NC(=O)C1COc2ccccc2C1. The number of anilines is 1. The number of benzene rings is 1. The first-order valence-corrected chi connectivity index (χ1v) is 8.98. The van der Waals surface area contributed by atoms with E-state index in [2.05, 4.69) is 10.6 Å². The molecule has 1 atom stereocenters. The first-order valence-electron chi connectivity index (χ1n) is 8.10. The maximum Gasteiger partial charge on any atom is 0.254 e. The van der Waals surface area contributed by atoms with Gasteiger partial charge in [-0.1, -0.05) is 18.2 Å². The van der Waals surface area contributed by atoms with Crippen molar-refractivity contribution < 1.29 is 14.3 Å². The molecule has 5 nitrogen and oxygen atoms in total. The minimum atomic E-state index is -0.249. The molecule has 6 heteroatoms. The highest BCUT2D eigenvalue weighted by Gasteiger charge is 2.28. The van der Waals surface area contributed by atoms with E-state index in [1.54, 1.807) is 6.07 Å². The predicted molar refractivity (Wildman–Crippen MR) is 92.6 cm³/mol. The minimum absolute atomic E-state index is 0.104. The standard InChI is InChI=1S/C18H18N2O3S/c21-16(12-9-11-3-1-2-4-15(11)23-10-12)20-18-14(7-8-24-18)17(22)19-13-5-6-13/h1-4,7-8,12-13H,5-6,9-10H2,(H,19,22)(H,20,21). The molecule has 0 saturated heterocycles. The molecule has 2 heterocycles. The molecule has 0 bridgehead atoms. The van der Waals surface area contributed by atoms with Crippen LogP contribution in [0, 0.1) is 5.92 Å². The average Bonchev–Trinajstić information content (AvgIpc) is 3.29. The van der Waals surface area contributed by atoms with Crippen molar-refractivity contribution >= 4 is 28.2 Å². The topological polar surface area (TPSA) is 67.4 Å². The summed E-state index contributed by atoms with van der Waals surface area (Å²) in [4.78, 5) is 24.8. The van der Waals surface area contributed by atoms with E-state index >= 15 is 0 Å². The quantitative estimate of drug-likeness (QED) is 0.898. The number of hydrogen-bond donors (Lipinski definition) is 2. The molecule has 124 valence electrons. The monoisotopic (exact) mass is 342 g/mol. The van der Waals surface area contributed by atoms with Gasteiger partial charge in [0.15, 0.2) is 0 Å². The summed E-state index contributed by atoms with van der Waals surface area (Å²) in [5, 5.41) is 8.29. The number of thiophene rings is 1. The number of rotatable bonds is 4. The summed E-state index contributed by atoms with van der Waals surface area (Å²) in [6.45, 7) is 0.359. The largest absolute Gasteiger partial charge is 0.492 e. The van der Waals surface area contributed by atoms with Crippen molar-refractivity contribution in [3.05, 3.63) is 46.8 Å². The Morgan fingerprint density at radius 3 is 2.83 bits per heavy atom. The molecule has 1 unspecified atom stereocenters. The number of nitrogens with one attached hydrogen (secondary N) is 2. The van der Waals surface area contributed by atoms with Crippen molar-refractivity contribution in [3.63, 3.8) is 0 Å². The van der Waals surface area contributed by atoms with Crippen LogP contribution in [0.25, 0.3) is 0 Å². The first kappa shape index (κ1) is 15.2. The third-order valence-corrected chi connectivity index (χ3v) is 5.14. The van der Waals surface area contributed by atoms with Gasteiger partial charge in [-0.25, -0.2) is 0 Å². The summed E-state index contributed by atoms with van der Waals surface area (Å²) in [6, 6.07) is 9.82. The van der Waals surface area contributed by atoms with Gasteiger partial charge in [0.2, 0.25) is 5.91 Å². The molecule has 0 radical (unpaired) electrons. The van der Waals surface area contributed by atoms with Crippen LogP contribution in [0.2, 0.25) is 0 Å². The molecule has 1 saturated carbocycles. The number of hydrogen-bond acceptors (Lipinski definition) is 4. The van der Waals surface area contributed by atoms with Gasteiger partial charge in [-0.3, -0.25) is 9.59 Å². The second-order valence-electron chi connectivity index (χ2n) is 6.22. The van der Waals surface area contributed by atoms with E-state index < -0.39 is 0 Å². The van der Waals surface area contributed by atoms with Crippen LogP contribution in [0.4, 0.5) is 5.00 Å². The van der Waals surface area contributed by atoms with E-state index in [9.17, 15) is 9.59 Å². The summed E-state index contributed by atoms with van der Waals surface area (Å²) >= 11 is 1.37. The Hall–Kier alpha value is -2.34. The van der Waals surface area contributed by atoms with Crippen LogP contribution in [0.1, 0.15) is 28.8 Å². The molecule has 2 N–H and O–H groups in total. The fourth-order valence-electron chi connectivity index (χ4n) is 2.79. The highest BCUT2D eigenvalue weighted by molar-refractivity contribution is 7.14. The molecule has 1 fully saturated rings. The van der Waals surface area contributed by atoms with Crippen molar-refractivity contribution in [1.82, 2.24) is 5.32 Å². The third kappa shape index (κ3) is 3.14. The summed E-state index contributed by atoms with van der Waals surface area (Å²) < 4.78 is 5.68. The van der Waals surface area contributed by atoms with Crippen molar-refractivity contribution in [2.75, 3.05) is 11.9 Å². The molecule has 1 aromatic heterocycles. The second-order valence-corrected chi connectivity index (χ2v) is 7.14. The second kappa shape index (κ2) is 6.28. The minimum Gasteiger partial charge on any atom is -0.492 e.